The maximum Gasteiger partial charge on any atom is 0.410 e. The average molecular weight is 325 g/mol. The molecule has 1 fully saturated rings. The summed E-state index contributed by atoms with van der Waals surface area (Å²) in [7, 11) is 0. The second kappa shape index (κ2) is 5.77. The van der Waals surface area contributed by atoms with E-state index in [1.807, 2.05) is 0 Å². The number of carboxylic acid groups (broad SMARTS) is 1. The first-order chi connectivity index (χ1) is 10.5. The van der Waals surface area contributed by atoms with Crippen LogP contribution in [0.15, 0.2) is 23.2 Å². The molecule has 1 aromatic rings. The summed E-state index contributed by atoms with van der Waals surface area (Å²) in [6.07, 6.45) is -0.449. The Morgan fingerprint density at radius 2 is 2.41 bits per heavy atom. The van der Waals surface area contributed by atoms with Crippen LogP contribution >= 0.6 is 11.8 Å². The molecule has 0 aliphatic carbocycles. The zero-order valence-electron chi connectivity index (χ0n) is 11.7. The molecule has 22 heavy (non-hydrogen) atoms. The van der Waals surface area contributed by atoms with Gasteiger partial charge in [-0.15, -0.1) is 0 Å². The van der Waals surface area contributed by atoms with E-state index in [0.29, 0.717) is 23.6 Å². The number of anilines is 1. The molecule has 4 N–H and O–H groups in total. The van der Waals surface area contributed by atoms with Gasteiger partial charge in [0.2, 0.25) is 0 Å². The number of hydrogen-bond donors (Lipinski definition) is 3. The fourth-order valence-corrected chi connectivity index (χ4v) is 4.12. The van der Waals surface area contributed by atoms with Crippen molar-refractivity contribution < 1.29 is 19.0 Å². The lowest BCUT2D eigenvalue weighted by molar-refractivity contribution is 0.00293. The summed E-state index contributed by atoms with van der Waals surface area (Å²) in [5.74, 6) is 0.313. The summed E-state index contributed by atoms with van der Waals surface area (Å²) >= 11 is 1.33. The van der Waals surface area contributed by atoms with Crippen LogP contribution in [0.25, 0.3) is 0 Å². The van der Waals surface area contributed by atoms with Crippen molar-refractivity contribution >= 4 is 28.7 Å². The van der Waals surface area contributed by atoms with Gasteiger partial charge in [-0.05, 0) is 24.6 Å². The summed E-state index contributed by atoms with van der Waals surface area (Å²) in [4.78, 5) is 15.4. The van der Waals surface area contributed by atoms with Crippen LogP contribution < -0.4 is 11.1 Å². The molecule has 1 saturated heterocycles. The Kier molecular flexibility index (Phi) is 3.96. The third-order valence-corrected chi connectivity index (χ3v) is 5.04. The molecule has 0 aromatic heterocycles. The van der Waals surface area contributed by atoms with Crippen LogP contribution in [0.3, 0.4) is 0 Å². The van der Waals surface area contributed by atoms with Gasteiger partial charge in [-0.1, -0.05) is 11.8 Å². The molecule has 2 heterocycles. The first kappa shape index (κ1) is 15.1. The van der Waals surface area contributed by atoms with E-state index in [9.17, 15) is 9.18 Å². The number of aliphatic imine (C=N–C) groups is 1. The lowest BCUT2D eigenvalue weighted by Crippen LogP contribution is -2.49. The maximum absolute atomic E-state index is 14.4. The predicted molar refractivity (Wildman–Crippen MR) is 82.5 cm³/mol. The van der Waals surface area contributed by atoms with Crippen LogP contribution in [-0.2, 0) is 10.3 Å². The number of nitrogen functional groups attached to an aromatic ring is 1. The highest BCUT2D eigenvalue weighted by Crippen LogP contribution is 2.45. The number of halogens is 1. The summed E-state index contributed by atoms with van der Waals surface area (Å²) in [5.41, 5.74) is 5.67. The third kappa shape index (κ3) is 2.64. The highest BCUT2D eigenvalue weighted by atomic mass is 32.2. The van der Waals surface area contributed by atoms with Gasteiger partial charge >= 0.3 is 6.09 Å². The lowest BCUT2D eigenvalue weighted by atomic mass is 9.76. The molecule has 0 spiro atoms. The van der Waals surface area contributed by atoms with Crippen LogP contribution in [0, 0.1) is 11.7 Å². The fourth-order valence-electron chi connectivity index (χ4n) is 2.94. The van der Waals surface area contributed by atoms with Gasteiger partial charge in [-0.25, -0.2) is 14.2 Å². The van der Waals surface area contributed by atoms with Gasteiger partial charge in [0.1, 0.15) is 11.4 Å². The van der Waals surface area contributed by atoms with E-state index in [1.54, 1.807) is 6.07 Å². The van der Waals surface area contributed by atoms with Crippen molar-refractivity contribution in [1.82, 2.24) is 5.32 Å². The average Bonchev–Trinajstić information content (AvgIpc) is 2.48. The minimum absolute atomic E-state index is 0.0712. The Hall–Kier alpha value is -1.80. The maximum atomic E-state index is 14.4. The van der Waals surface area contributed by atoms with Crippen molar-refractivity contribution in [3.05, 3.63) is 29.6 Å². The minimum Gasteiger partial charge on any atom is -0.465 e. The van der Waals surface area contributed by atoms with Crippen LogP contribution in [0.5, 0.6) is 0 Å². The molecule has 0 bridgehead atoms. The standard InChI is InChI=1S/C14H16FN3O3S/c15-11-2-1-9(16)5-10(11)14-7-21-4-3-8(14)6-22-12(18-14)17-13(19)20/h1-2,5,8H,3-4,6-7,16H2,(H,17,18)(H,19,20). The Morgan fingerprint density at radius 1 is 1.59 bits per heavy atom. The van der Waals surface area contributed by atoms with Gasteiger partial charge < -0.3 is 15.6 Å². The zero-order chi connectivity index (χ0) is 15.7. The third-order valence-electron chi connectivity index (χ3n) is 4.00. The molecule has 2 unspecified atom stereocenters. The molecule has 2 aliphatic heterocycles. The molecule has 2 aliphatic rings. The number of carbonyl (C=O) groups is 1. The second-order valence-electron chi connectivity index (χ2n) is 5.36. The quantitative estimate of drug-likeness (QED) is 0.686. The van der Waals surface area contributed by atoms with Crippen molar-refractivity contribution in [3.8, 4) is 0 Å². The molecule has 1 amide bonds. The van der Waals surface area contributed by atoms with Gasteiger partial charge in [0.15, 0.2) is 5.17 Å². The van der Waals surface area contributed by atoms with Crippen LogP contribution in [0.4, 0.5) is 14.9 Å². The van der Waals surface area contributed by atoms with E-state index in [1.165, 1.54) is 23.9 Å². The van der Waals surface area contributed by atoms with Crippen LogP contribution in [-0.4, -0.2) is 35.3 Å². The second-order valence-corrected chi connectivity index (χ2v) is 6.37. The van der Waals surface area contributed by atoms with Gasteiger partial charge in [-0.3, -0.25) is 5.32 Å². The van der Waals surface area contributed by atoms with E-state index in [2.05, 4.69) is 10.3 Å². The summed E-state index contributed by atoms with van der Waals surface area (Å²) < 4.78 is 19.9. The predicted octanol–water partition coefficient (Wildman–Crippen LogP) is 2.01. The van der Waals surface area contributed by atoms with Crippen LogP contribution in [0.2, 0.25) is 0 Å². The van der Waals surface area contributed by atoms with Crippen molar-refractivity contribution in [1.29, 1.82) is 0 Å². The number of ether oxygens (including phenoxy) is 1. The number of hydrogen-bond acceptors (Lipinski definition) is 5. The SMILES string of the molecule is Nc1ccc(F)c(C23COCCC2CSC(NC(=O)O)=N3)c1. The molecule has 3 rings (SSSR count). The first-order valence-electron chi connectivity index (χ1n) is 6.87. The Morgan fingerprint density at radius 3 is 3.18 bits per heavy atom. The van der Waals surface area contributed by atoms with Crippen molar-refractivity contribution in [3.63, 3.8) is 0 Å². The van der Waals surface area contributed by atoms with E-state index in [0.717, 1.165) is 6.42 Å². The number of amidine groups is 1. The molecule has 2 atom stereocenters. The smallest absolute Gasteiger partial charge is 0.410 e. The molecular formula is C14H16FN3O3S. The Bertz CT molecular complexity index is 640. The Balaban J connectivity index is 2.10. The largest absolute Gasteiger partial charge is 0.465 e. The van der Waals surface area contributed by atoms with Crippen molar-refractivity contribution in [2.45, 2.75) is 12.0 Å². The zero-order valence-corrected chi connectivity index (χ0v) is 12.5. The first-order valence-corrected chi connectivity index (χ1v) is 7.86. The van der Waals surface area contributed by atoms with E-state index in [4.69, 9.17) is 15.6 Å². The number of rotatable bonds is 1. The van der Waals surface area contributed by atoms with Gasteiger partial charge in [0, 0.05) is 29.5 Å². The number of amides is 1. The number of thioether (sulfide) groups is 1. The monoisotopic (exact) mass is 325 g/mol. The summed E-state index contributed by atoms with van der Waals surface area (Å²) in [5, 5.41) is 11.4. The molecule has 6 nitrogen and oxygen atoms in total. The molecule has 8 heteroatoms. The van der Waals surface area contributed by atoms with Crippen molar-refractivity contribution in [2.24, 2.45) is 10.9 Å². The normalized spacial score (nSPS) is 27.7. The fraction of sp³-hybridized carbons (Fsp3) is 0.429. The van der Waals surface area contributed by atoms with E-state index >= 15 is 0 Å². The number of nitrogens with zero attached hydrogens (tertiary/aromatic N) is 1. The van der Waals surface area contributed by atoms with E-state index < -0.39 is 17.4 Å². The lowest BCUT2D eigenvalue weighted by Gasteiger charge is -2.44. The number of nitrogens with one attached hydrogen (secondary N) is 1. The molecule has 0 saturated carbocycles. The number of fused-ring (bicyclic) bond motifs is 1. The highest BCUT2D eigenvalue weighted by Gasteiger charge is 2.47. The molecule has 0 radical (unpaired) electrons. The molecular weight excluding hydrogens is 309 g/mol. The summed E-state index contributed by atoms with van der Waals surface area (Å²) in [6, 6.07) is 4.37. The highest BCUT2D eigenvalue weighted by molar-refractivity contribution is 8.13. The Labute approximate surface area is 130 Å². The number of benzene rings is 1. The van der Waals surface area contributed by atoms with Crippen LogP contribution in [0.1, 0.15) is 12.0 Å². The van der Waals surface area contributed by atoms with Gasteiger partial charge in [0.05, 0.1) is 6.61 Å². The van der Waals surface area contributed by atoms with E-state index in [-0.39, 0.29) is 17.7 Å². The van der Waals surface area contributed by atoms with Gasteiger partial charge in [0.25, 0.3) is 0 Å². The number of nitrogens with two attached hydrogens (primary N) is 1. The molecule has 118 valence electrons. The minimum atomic E-state index is -1.19. The topological polar surface area (TPSA) is 96.9 Å². The van der Waals surface area contributed by atoms with Crippen molar-refractivity contribution in [2.75, 3.05) is 24.7 Å². The van der Waals surface area contributed by atoms with Gasteiger partial charge in [-0.2, -0.15) is 0 Å². The molecule has 1 aromatic carbocycles. The summed E-state index contributed by atoms with van der Waals surface area (Å²) in [6.45, 7) is 0.803.